The molecule has 0 aromatic heterocycles. The molecule has 0 aliphatic carbocycles. The van der Waals surface area contributed by atoms with Crippen LogP contribution >= 0.6 is 0 Å². The van der Waals surface area contributed by atoms with Crippen LogP contribution < -0.4 is 0 Å². The number of rotatable bonds is 6. The monoisotopic (exact) mass is 176 g/mol. The first kappa shape index (κ1) is 10.9. The Balaban J connectivity index is 3.49. The number of esters is 1. The summed E-state index contributed by atoms with van der Waals surface area (Å²) in [5, 5.41) is 0. The highest BCUT2D eigenvalue weighted by Gasteiger charge is 2.14. The minimum atomic E-state index is -0.848. The van der Waals surface area contributed by atoms with Crippen molar-refractivity contribution in [3.8, 4) is 0 Å². The molecule has 0 rings (SSSR count). The van der Waals surface area contributed by atoms with Crippen molar-refractivity contribution in [1.82, 2.24) is 0 Å². The van der Waals surface area contributed by atoms with E-state index in [4.69, 9.17) is 0 Å². The van der Waals surface area contributed by atoms with Gasteiger partial charge in [-0.05, 0) is 6.92 Å². The highest BCUT2D eigenvalue weighted by molar-refractivity contribution is 5.75. The van der Waals surface area contributed by atoms with E-state index in [-0.39, 0.29) is 13.1 Å². The van der Waals surface area contributed by atoms with Crippen molar-refractivity contribution in [2.45, 2.75) is 13.0 Å². The van der Waals surface area contributed by atoms with E-state index in [1.807, 2.05) is 0 Å². The van der Waals surface area contributed by atoms with Crippen LogP contribution in [0.2, 0.25) is 0 Å². The Morgan fingerprint density at radius 1 is 1.50 bits per heavy atom. The quantitative estimate of drug-likeness (QED) is 0.317. The average molecular weight is 176 g/mol. The van der Waals surface area contributed by atoms with E-state index >= 15 is 0 Å². The molecule has 0 aliphatic heterocycles. The van der Waals surface area contributed by atoms with Gasteiger partial charge in [-0.2, -0.15) is 0 Å². The number of carbonyl (C=O) groups excluding carboxylic acids is 2. The predicted octanol–water partition coefficient (Wildman–Crippen LogP) is -0.262. The summed E-state index contributed by atoms with van der Waals surface area (Å²) in [6, 6.07) is 0. The van der Waals surface area contributed by atoms with Crippen molar-refractivity contribution in [3.05, 3.63) is 0 Å². The fourth-order valence-corrected chi connectivity index (χ4v) is 0.482. The Hall–Kier alpha value is -1.10. The van der Waals surface area contributed by atoms with Crippen LogP contribution in [0, 0.1) is 0 Å². The standard InChI is InChI=1S/C7H12O5/c1-6(12-5-8)7(9)11-4-3-10-2/h5-6H,3-4H2,1-2H3. The average Bonchev–Trinajstić information content (AvgIpc) is 2.05. The highest BCUT2D eigenvalue weighted by atomic mass is 16.6. The van der Waals surface area contributed by atoms with Gasteiger partial charge in [-0.3, -0.25) is 4.79 Å². The Morgan fingerprint density at radius 2 is 2.17 bits per heavy atom. The fraction of sp³-hybridized carbons (Fsp3) is 0.714. The third kappa shape index (κ3) is 4.68. The van der Waals surface area contributed by atoms with E-state index in [1.165, 1.54) is 14.0 Å². The normalized spacial score (nSPS) is 11.8. The van der Waals surface area contributed by atoms with E-state index in [1.54, 1.807) is 0 Å². The van der Waals surface area contributed by atoms with Crippen LogP contribution in [0.5, 0.6) is 0 Å². The Labute approximate surface area is 70.6 Å². The molecule has 0 spiro atoms. The molecule has 0 aromatic rings. The van der Waals surface area contributed by atoms with E-state index in [0.717, 1.165) is 0 Å². The summed E-state index contributed by atoms with van der Waals surface area (Å²) in [4.78, 5) is 20.6. The number of methoxy groups -OCH3 is 1. The second-order valence-corrected chi connectivity index (χ2v) is 2.03. The number of hydrogen-bond donors (Lipinski definition) is 0. The SMILES string of the molecule is COCCOC(=O)C(C)OC=O. The zero-order valence-corrected chi connectivity index (χ0v) is 7.11. The molecule has 0 N–H and O–H groups in total. The number of hydrogen-bond acceptors (Lipinski definition) is 5. The topological polar surface area (TPSA) is 61.8 Å². The van der Waals surface area contributed by atoms with Crippen LogP contribution in [0.4, 0.5) is 0 Å². The molecule has 0 saturated heterocycles. The van der Waals surface area contributed by atoms with Crippen molar-refractivity contribution in [1.29, 1.82) is 0 Å². The first-order valence-corrected chi connectivity index (χ1v) is 3.47. The third-order valence-corrected chi connectivity index (χ3v) is 1.12. The lowest BCUT2D eigenvalue weighted by Crippen LogP contribution is -2.24. The maximum atomic E-state index is 10.8. The van der Waals surface area contributed by atoms with Crippen LogP contribution in [0.3, 0.4) is 0 Å². The van der Waals surface area contributed by atoms with Gasteiger partial charge >= 0.3 is 5.97 Å². The van der Waals surface area contributed by atoms with Crippen molar-refractivity contribution in [2.75, 3.05) is 20.3 Å². The summed E-state index contributed by atoms with van der Waals surface area (Å²) in [5.74, 6) is -0.570. The van der Waals surface area contributed by atoms with Crippen molar-refractivity contribution >= 4 is 12.4 Å². The van der Waals surface area contributed by atoms with Crippen LogP contribution in [-0.2, 0) is 23.8 Å². The molecule has 0 amide bonds. The van der Waals surface area contributed by atoms with Gasteiger partial charge < -0.3 is 14.2 Å². The third-order valence-electron chi connectivity index (χ3n) is 1.12. The molecule has 0 radical (unpaired) electrons. The lowest BCUT2D eigenvalue weighted by molar-refractivity contribution is -0.161. The zero-order valence-electron chi connectivity index (χ0n) is 7.11. The highest BCUT2D eigenvalue weighted by Crippen LogP contribution is 1.91. The summed E-state index contributed by atoms with van der Waals surface area (Å²) in [5.41, 5.74) is 0. The largest absolute Gasteiger partial charge is 0.461 e. The van der Waals surface area contributed by atoms with Gasteiger partial charge in [0.2, 0.25) is 0 Å². The molecule has 0 saturated carbocycles. The lowest BCUT2D eigenvalue weighted by atomic mass is 10.4. The second kappa shape index (κ2) is 6.60. The van der Waals surface area contributed by atoms with E-state index < -0.39 is 12.1 Å². The van der Waals surface area contributed by atoms with E-state index in [0.29, 0.717) is 6.61 Å². The molecule has 5 heteroatoms. The molecule has 70 valence electrons. The fourth-order valence-electron chi connectivity index (χ4n) is 0.482. The minimum Gasteiger partial charge on any atom is -0.461 e. The van der Waals surface area contributed by atoms with E-state index in [2.05, 4.69) is 14.2 Å². The Morgan fingerprint density at radius 3 is 2.67 bits per heavy atom. The van der Waals surface area contributed by atoms with Gasteiger partial charge in [0.05, 0.1) is 6.61 Å². The summed E-state index contributed by atoms with van der Waals surface area (Å²) in [6.45, 7) is 2.15. The van der Waals surface area contributed by atoms with E-state index in [9.17, 15) is 9.59 Å². The minimum absolute atomic E-state index is 0.169. The molecule has 0 fully saturated rings. The molecule has 0 aromatic carbocycles. The summed E-state index contributed by atoms with van der Waals surface area (Å²) in [7, 11) is 1.50. The first-order chi connectivity index (χ1) is 5.72. The van der Waals surface area contributed by atoms with Gasteiger partial charge in [-0.25, -0.2) is 4.79 Å². The summed E-state index contributed by atoms with van der Waals surface area (Å²) >= 11 is 0. The molecular formula is C7H12O5. The molecule has 0 bridgehead atoms. The number of carbonyl (C=O) groups is 2. The van der Waals surface area contributed by atoms with Crippen LogP contribution in [0.15, 0.2) is 0 Å². The smallest absolute Gasteiger partial charge is 0.347 e. The molecule has 0 aliphatic rings. The van der Waals surface area contributed by atoms with Gasteiger partial charge in [0.1, 0.15) is 6.61 Å². The summed E-state index contributed by atoms with van der Waals surface area (Å²) in [6.07, 6.45) is -0.848. The molecular weight excluding hydrogens is 164 g/mol. The van der Waals surface area contributed by atoms with Gasteiger partial charge in [0, 0.05) is 7.11 Å². The van der Waals surface area contributed by atoms with Gasteiger partial charge in [-0.1, -0.05) is 0 Å². The van der Waals surface area contributed by atoms with Gasteiger partial charge in [0.15, 0.2) is 6.10 Å². The molecule has 1 atom stereocenters. The molecule has 12 heavy (non-hydrogen) atoms. The Kier molecular flexibility index (Phi) is 6.00. The van der Waals surface area contributed by atoms with Crippen LogP contribution in [0.25, 0.3) is 0 Å². The second-order valence-electron chi connectivity index (χ2n) is 2.03. The van der Waals surface area contributed by atoms with Crippen LogP contribution in [0.1, 0.15) is 6.92 Å². The molecule has 1 unspecified atom stereocenters. The first-order valence-electron chi connectivity index (χ1n) is 3.47. The van der Waals surface area contributed by atoms with Gasteiger partial charge in [0.25, 0.3) is 6.47 Å². The van der Waals surface area contributed by atoms with Gasteiger partial charge in [-0.15, -0.1) is 0 Å². The lowest BCUT2D eigenvalue weighted by Gasteiger charge is -2.08. The molecule has 5 nitrogen and oxygen atoms in total. The zero-order chi connectivity index (χ0) is 9.40. The van der Waals surface area contributed by atoms with Crippen molar-refractivity contribution in [3.63, 3.8) is 0 Å². The van der Waals surface area contributed by atoms with Crippen LogP contribution in [-0.4, -0.2) is 38.9 Å². The van der Waals surface area contributed by atoms with Crippen molar-refractivity contribution in [2.24, 2.45) is 0 Å². The summed E-state index contributed by atoms with van der Waals surface area (Å²) < 4.78 is 13.6. The maximum Gasteiger partial charge on any atom is 0.347 e. The van der Waals surface area contributed by atoms with Crippen molar-refractivity contribution < 1.29 is 23.8 Å². The molecule has 0 heterocycles. The Bertz CT molecular complexity index is 145. The maximum absolute atomic E-state index is 10.8. The predicted molar refractivity (Wildman–Crippen MR) is 39.4 cm³/mol. The number of ether oxygens (including phenoxy) is 3.